The van der Waals surface area contributed by atoms with Crippen LogP contribution in [0.3, 0.4) is 0 Å². The Kier molecular flexibility index (Phi) is 6.08. The van der Waals surface area contributed by atoms with Crippen LogP contribution in [0, 0.1) is 13.8 Å². The molecule has 0 radical (unpaired) electrons. The van der Waals surface area contributed by atoms with Gasteiger partial charge in [-0.2, -0.15) is 9.40 Å². The lowest BCUT2D eigenvalue weighted by Crippen LogP contribution is -2.41. The number of ether oxygens (including phenoxy) is 1. The summed E-state index contributed by atoms with van der Waals surface area (Å²) in [5.74, 6) is -0.124. The van der Waals surface area contributed by atoms with Gasteiger partial charge >= 0.3 is 0 Å². The van der Waals surface area contributed by atoms with Crippen molar-refractivity contribution in [2.75, 3.05) is 26.3 Å². The average Bonchev–Trinajstić information content (AvgIpc) is 3.33. The molecule has 1 saturated heterocycles. The van der Waals surface area contributed by atoms with Crippen molar-refractivity contribution in [1.82, 2.24) is 18.7 Å². The minimum Gasteiger partial charge on any atom is -0.379 e. The Labute approximate surface area is 204 Å². The maximum absolute atomic E-state index is 13.8. The molecule has 9 heteroatoms. The number of para-hydroxylation sites is 1. The average molecular weight is 493 g/mol. The van der Waals surface area contributed by atoms with E-state index in [0.717, 1.165) is 22.2 Å². The van der Waals surface area contributed by atoms with Crippen molar-refractivity contribution in [3.8, 4) is 11.3 Å². The smallest absolute Gasteiger partial charge is 0.246 e. The predicted molar refractivity (Wildman–Crippen MR) is 134 cm³/mol. The molecule has 0 saturated carbocycles. The van der Waals surface area contributed by atoms with Gasteiger partial charge in [-0.15, -0.1) is 0 Å². The number of rotatable bonds is 6. The first-order valence-electron chi connectivity index (χ1n) is 11.6. The Hall–Kier alpha value is -3.27. The number of sulfonamides is 1. The Bertz CT molecular complexity index is 1510. The van der Waals surface area contributed by atoms with E-state index < -0.39 is 10.0 Å². The zero-order valence-electron chi connectivity index (χ0n) is 20.1. The Morgan fingerprint density at radius 3 is 2.37 bits per heavy atom. The molecule has 0 N–H and O–H groups in total. The third-order valence-corrected chi connectivity index (χ3v) is 8.76. The van der Waals surface area contributed by atoms with Crippen LogP contribution in [0.5, 0.6) is 0 Å². The fourth-order valence-corrected chi connectivity index (χ4v) is 6.73. The summed E-state index contributed by atoms with van der Waals surface area (Å²) in [4.78, 5) is 14.0. The maximum Gasteiger partial charge on any atom is 0.246 e. The van der Waals surface area contributed by atoms with E-state index in [9.17, 15) is 13.2 Å². The van der Waals surface area contributed by atoms with Crippen LogP contribution in [-0.2, 0) is 28.4 Å². The number of ketones is 1. The van der Waals surface area contributed by atoms with Gasteiger partial charge in [0.05, 0.1) is 35.9 Å². The first-order valence-corrected chi connectivity index (χ1v) is 13.0. The van der Waals surface area contributed by atoms with Crippen molar-refractivity contribution >= 4 is 26.7 Å². The van der Waals surface area contributed by atoms with Crippen molar-refractivity contribution in [3.63, 3.8) is 0 Å². The number of morpholine rings is 1. The summed E-state index contributed by atoms with van der Waals surface area (Å²) < 4.78 is 37.0. The third kappa shape index (κ3) is 3.99. The number of aryl methyl sites for hydroxylation is 2. The lowest BCUT2D eigenvalue weighted by molar-refractivity contribution is 0.0730. The molecule has 1 aliphatic rings. The van der Waals surface area contributed by atoms with Crippen LogP contribution in [0.2, 0.25) is 0 Å². The molecule has 1 aliphatic heterocycles. The largest absolute Gasteiger partial charge is 0.379 e. The number of benzene rings is 2. The van der Waals surface area contributed by atoms with Gasteiger partial charge in [0.25, 0.3) is 0 Å². The number of carbonyl (C=O) groups excluding carboxylic acids is 1. The molecule has 0 spiro atoms. The normalized spacial score (nSPS) is 15.1. The summed E-state index contributed by atoms with van der Waals surface area (Å²) >= 11 is 0. The summed E-state index contributed by atoms with van der Waals surface area (Å²) in [7, 11) is -1.77. The predicted octanol–water partition coefficient (Wildman–Crippen LogP) is 3.56. The molecule has 5 rings (SSSR count). The molecule has 2 aromatic carbocycles. The van der Waals surface area contributed by atoms with E-state index >= 15 is 0 Å². The quantitative estimate of drug-likeness (QED) is 0.384. The number of carbonyl (C=O) groups is 1. The molecule has 182 valence electrons. The zero-order chi connectivity index (χ0) is 24.7. The fourth-order valence-electron chi connectivity index (χ4n) is 4.95. The minimum absolute atomic E-state index is 0.0564. The molecule has 1 fully saturated rings. The van der Waals surface area contributed by atoms with Gasteiger partial charge in [0.15, 0.2) is 5.78 Å². The van der Waals surface area contributed by atoms with Gasteiger partial charge in [0.2, 0.25) is 10.0 Å². The molecule has 0 bridgehead atoms. The van der Waals surface area contributed by atoms with Gasteiger partial charge in [0, 0.05) is 31.0 Å². The molecule has 8 nitrogen and oxygen atoms in total. The van der Waals surface area contributed by atoms with Gasteiger partial charge in [0.1, 0.15) is 11.4 Å². The van der Waals surface area contributed by atoms with Crippen LogP contribution in [0.15, 0.2) is 59.5 Å². The molecular weight excluding hydrogens is 464 g/mol. The van der Waals surface area contributed by atoms with Crippen LogP contribution in [-0.4, -0.2) is 59.2 Å². The second kappa shape index (κ2) is 9.07. The van der Waals surface area contributed by atoms with E-state index in [-0.39, 0.29) is 17.2 Å². The van der Waals surface area contributed by atoms with Crippen LogP contribution < -0.4 is 0 Å². The van der Waals surface area contributed by atoms with Crippen LogP contribution in [0.4, 0.5) is 0 Å². The third-order valence-electron chi connectivity index (χ3n) is 6.61. The maximum atomic E-state index is 13.8. The standard InChI is InChI=1S/C26H28N4O4S/c1-18-26(35(32,33)29-13-15-34-16-14-29)19(2)30(27-18)17-23(31)24-21-11-7-8-12-22(21)28(3)25(24)20-9-5-4-6-10-20/h4-12H,13-17H2,1-3H3. The van der Waals surface area contributed by atoms with Gasteiger partial charge < -0.3 is 9.30 Å². The van der Waals surface area contributed by atoms with E-state index in [1.54, 1.807) is 13.8 Å². The highest BCUT2D eigenvalue weighted by atomic mass is 32.2. The summed E-state index contributed by atoms with van der Waals surface area (Å²) in [5, 5.41) is 5.34. The number of aromatic nitrogens is 3. The van der Waals surface area contributed by atoms with E-state index in [2.05, 4.69) is 5.10 Å². The highest BCUT2D eigenvalue weighted by Crippen LogP contribution is 2.34. The number of nitrogens with zero attached hydrogens (tertiary/aromatic N) is 4. The highest BCUT2D eigenvalue weighted by Gasteiger charge is 2.33. The van der Waals surface area contributed by atoms with Gasteiger partial charge in [-0.1, -0.05) is 48.5 Å². The molecule has 0 atom stereocenters. The van der Waals surface area contributed by atoms with E-state index in [4.69, 9.17) is 4.74 Å². The molecule has 0 unspecified atom stereocenters. The second-order valence-corrected chi connectivity index (χ2v) is 10.6. The van der Waals surface area contributed by atoms with Crippen LogP contribution in [0.25, 0.3) is 22.2 Å². The first-order chi connectivity index (χ1) is 16.8. The van der Waals surface area contributed by atoms with Gasteiger partial charge in [-0.25, -0.2) is 8.42 Å². The van der Waals surface area contributed by atoms with Crippen LogP contribution >= 0.6 is 0 Å². The van der Waals surface area contributed by atoms with Crippen LogP contribution in [0.1, 0.15) is 21.7 Å². The first kappa shape index (κ1) is 23.5. The molecule has 3 heterocycles. The summed E-state index contributed by atoms with van der Waals surface area (Å²) in [6, 6.07) is 17.6. The van der Waals surface area contributed by atoms with Crippen molar-refractivity contribution in [2.24, 2.45) is 7.05 Å². The molecule has 0 aliphatic carbocycles. The number of fused-ring (bicyclic) bond motifs is 1. The summed E-state index contributed by atoms with van der Waals surface area (Å²) in [6.45, 7) is 4.68. The topological polar surface area (TPSA) is 86.4 Å². The zero-order valence-corrected chi connectivity index (χ0v) is 20.9. The lowest BCUT2D eigenvalue weighted by Gasteiger charge is -2.26. The molecule has 4 aromatic rings. The van der Waals surface area contributed by atoms with Gasteiger partial charge in [-0.3, -0.25) is 9.48 Å². The number of hydrogen-bond acceptors (Lipinski definition) is 5. The Morgan fingerprint density at radius 1 is 1.00 bits per heavy atom. The Morgan fingerprint density at radius 2 is 1.66 bits per heavy atom. The molecule has 0 amide bonds. The van der Waals surface area contributed by atoms with Crippen molar-refractivity contribution in [2.45, 2.75) is 25.3 Å². The summed E-state index contributed by atoms with van der Waals surface area (Å²) in [5.41, 5.74) is 4.20. The van der Waals surface area contributed by atoms with Gasteiger partial charge in [-0.05, 0) is 25.5 Å². The molecule has 2 aromatic heterocycles. The second-order valence-electron chi connectivity index (χ2n) is 8.76. The monoisotopic (exact) mass is 492 g/mol. The van der Waals surface area contributed by atoms with Crippen molar-refractivity contribution < 1.29 is 17.9 Å². The number of Topliss-reactive ketones (excluding diaryl/α,β-unsaturated/α-hetero) is 1. The van der Waals surface area contributed by atoms with Crippen molar-refractivity contribution in [1.29, 1.82) is 0 Å². The highest BCUT2D eigenvalue weighted by molar-refractivity contribution is 7.89. The lowest BCUT2D eigenvalue weighted by atomic mass is 10.0. The summed E-state index contributed by atoms with van der Waals surface area (Å²) in [6.07, 6.45) is 0. The van der Waals surface area contributed by atoms with E-state index in [1.165, 1.54) is 8.99 Å². The minimum atomic E-state index is -3.73. The molecular formula is C26H28N4O4S. The van der Waals surface area contributed by atoms with E-state index in [0.29, 0.717) is 43.3 Å². The van der Waals surface area contributed by atoms with Crippen molar-refractivity contribution in [3.05, 3.63) is 71.5 Å². The molecule has 35 heavy (non-hydrogen) atoms. The van der Waals surface area contributed by atoms with E-state index in [1.807, 2.05) is 66.2 Å². The Balaban J connectivity index is 1.57. The number of hydrogen-bond donors (Lipinski definition) is 0. The fraction of sp³-hybridized carbons (Fsp3) is 0.308. The SMILES string of the molecule is Cc1nn(CC(=O)c2c(-c3ccccc3)n(C)c3ccccc23)c(C)c1S(=O)(=O)N1CCOCC1.